The minimum Gasteiger partial charge on any atom is -0.375 e. The third-order valence-corrected chi connectivity index (χ3v) is 5.72. The fraction of sp³-hybridized carbons (Fsp3) is 0.231. The number of para-hydroxylation sites is 1. The van der Waals surface area contributed by atoms with Crippen LogP contribution in [0.15, 0.2) is 72.8 Å². The molecule has 0 radical (unpaired) electrons. The molecule has 0 fully saturated rings. The molecule has 1 aliphatic heterocycles. The van der Waals surface area contributed by atoms with Gasteiger partial charge in [0.25, 0.3) is 5.91 Å². The van der Waals surface area contributed by atoms with Gasteiger partial charge >= 0.3 is 0 Å². The number of aliphatic hydroxyl groups is 1. The molecule has 1 amide bonds. The molecule has 3 aromatic rings. The molecule has 0 aromatic heterocycles. The van der Waals surface area contributed by atoms with Crippen LogP contribution in [0.1, 0.15) is 46.8 Å². The van der Waals surface area contributed by atoms with Gasteiger partial charge in [-0.15, -0.1) is 0 Å². The van der Waals surface area contributed by atoms with E-state index in [4.69, 9.17) is 0 Å². The van der Waals surface area contributed by atoms with Crippen molar-refractivity contribution in [3.05, 3.63) is 101 Å². The van der Waals surface area contributed by atoms with E-state index in [0.717, 1.165) is 24.0 Å². The number of hydrogen-bond donors (Lipinski definition) is 1. The van der Waals surface area contributed by atoms with Crippen molar-refractivity contribution in [2.45, 2.75) is 38.3 Å². The summed E-state index contributed by atoms with van der Waals surface area (Å²) in [6, 6.07) is 20.1. The number of carbonyl (C=O) groups excluding carboxylic acids is 2. The van der Waals surface area contributed by atoms with E-state index in [-0.39, 0.29) is 24.6 Å². The molecule has 1 heterocycles. The summed E-state index contributed by atoms with van der Waals surface area (Å²) in [4.78, 5) is 27.7. The predicted octanol–water partition coefficient (Wildman–Crippen LogP) is 4.79. The molecule has 0 saturated heterocycles. The van der Waals surface area contributed by atoms with Crippen LogP contribution in [0.25, 0.3) is 0 Å². The first kappa shape index (κ1) is 20.9. The lowest BCUT2D eigenvalue weighted by molar-refractivity contribution is -0.136. The van der Waals surface area contributed by atoms with E-state index in [1.54, 1.807) is 48.5 Å². The van der Waals surface area contributed by atoms with Crippen molar-refractivity contribution in [3.63, 3.8) is 0 Å². The third-order valence-electron chi connectivity index (χ3n) is 5.72. The van der Waals surface area contributed by atoms with Gasteiger partial charge in [-0.05, 0) is 35.7 Å². The van der Waals surface area contributed by atoms with Crippen molar-refractivity contribution in [1.82, 2.24) is 0 Å². The minimum absolute atomic E-state index is 0.179. The van der Waals surface area contributed by atoms with E-state index >= 15 is 0 Å². The molecule has 1 N–H and O–H groups in total. The SMILES string of the molecule is CCCc1ccc(C(=O)C[C@]2(O)C(=O)N(Cc3ccc(F)cc3)c3ccccc32)cc1. The van der Waals surface area contributed by atoms with E-state index in [1.807, 2.05) is 12.1 Å². The average molecular weight is 417 g/mol. The van der Waals surface area contributed by atoms with Gasteiger partial charge in [0.1, 0.15) is 5.82 Å². The van der Waals surface area contributed by atoms with E-state index in [9.17, 15) is 19.1 Å². The highest BCUT2D eigenvalue weighted by molar-refractivity contribution is 6.10. The summed E-state index contributed by atoms with van der Waals surface area (Å²) >= 11 is 0. The Balaban J connectivity index is 1.61. The molecule has 1 aliphatic rings. The smallest absolute Gasteiger partial charge is 0.264 e. The summed E-state index contributed by atoms with van der Waals surface area (Å²) in [5.74, 6) is -1.20. The van der Waals surface area contributed by atoms with Crippen molar-refractivity contribution in [2.75, 3.05) is 4.90 Å². The first-order valence-electron chi connectivity index (χ1n) is 10.4. The van der Waals surface area contributed by atoms with Crippen molar-refractivity contribution >= 4 is 17.4 Å². The number of nitrogens with zero attached hydrogens (tertiary/aromatic N) is 1. The quantitative estimate of drug-likeness (QED) is 0.563. The van der Waals surface area contributed by atoms with Crippen molar-refractivity contribution in [2.24, 2.45) is 0 Å². The lowest BCUT2D eigenvalue weighted by Crippen LogP contribution is -2.41. The van der Waals surface area contributed by atoms with Crippen LogP contribution < -0.4 is 4.90 Å². The number of benzene rings is 3. The standard InChI is InChI=1S/C26H24FNO3/c1-2-5-18-8-12-20(13-9-18)24(29)16-26(31)22-6-3-4-7-23(22)28(25(26)30)17-19-10-14-21(27)15-11-19/h3-4,6-15,31H,2,5,16-17H2,1H3/t26-/m1/s1. The minimum atomic E-state index is -1.93. The second kappa shape index (κ2) is 8.44. The number of hydrogen-bond acceptors (Lipinski definition) is 3. The number of rotatable bonds is 7. The van der Waals surface area contributed by atoms with Gasteiger partial charge in [0.2, 0.25) is 0 Å². The predicted molar refractivity (Wildman–Crippen MR) is 117 cm³/mol. The van der Waals surface area contributed by atoms with E-state index in [1.165, 1.54) is 17.0 Å². The molecular weight excluding hydrogens is 393 g/mol. The normalized spacial score (nSPS) is 17.6. The summed E-state index contributed by atoms with van der Waals surface area (Å²) in [6.45, 7) is 2.27. The Morgan fingerprint density at radius 2 is 1.61 bits per heavy atom. The van der Waals surface area contributed by atoms with Gasteiger partial charge in [0.05, 0.1) is 18.7 Å². The Labute approximate surface area is 181 Å². The van der Waals surface area contributed by atoms with Crippen LogP contribution in [0.3, 0.4) is 0 Å². The molecule has 0 unspecified atom stereocenters. The molecule has 158 valence electrons. The van der Waals surface area contributed by atoms with E-state index < -0.39 is 11.5 Å². The molecule has 4 nitrogen and oxygen atoms in total. The second-order valence-corrected chi connectivity index (χ2v) is 7.94. The lowest BCUT2D eigenvalue weighted by atomic mass is 9.88. The Morgan fingerprint density at radius 1 is 0.968 bits per heavy atom. The van der Waals surface area contributed by atoms with Gasteiger partial charge in [0.15, 0.2) is 11.4 Å². The maximum Gasteiger partial charge on any atom is 0.264 e. The number of carbonyl (C=O) groups is 2. The Kier molecular flexibility index (Phi) is 5.70. The fourth-order valence-electron chi connectivity index (χ4n) is 4.09. The van der Waals surface area contributed by atoms with Crippen molar-refractivity contribution in [1.29, 1.82) is 0 Å². The van der Waals surface area contributed by atoms with Crippen LogP contribution in [-0.2, 0) is 23.4 Å². The highest BCUT2D eigenvalue weighted by atomic mass is 19.1. The van der Waals surface area contributed by atoms with E-state index in [2.05, 4.69) is 6.92 Å². The van der Waals surface area contributed by atoms with Gasteiger partial charge in [0, 0.05) is 11.1 Å². The van der Waals surface area contributed by atoms with Gasteiger partial charge < -0.3 is 10.0 Å². The van der Waals surface area contributed by atoms with Crippen LogP contribution in [0, 0.1) is 5.82 Å². The number of halogens is 1. The van der Waals surface area contributed by atoms with Crippen LogP contribution in [0.5, 0.6) is 0 Å². The molecule has 0 bridgehead atoms. The second-order valence-electron chi connectivity index (χ2n) is 7.94. The number of ketones is 1. The first-order chi connectivity index (χ1) is 14.9. The third kappa shape index (κ3) is 4.01. The highest BCUT2D eigenvalue weighted by Crippen LogP contribution is 2.43. The van der Waals surface area contributed by atoms with Gasteiger partial charge in [-0.25, -0.2) is 4.39 Å². The Bertz CT molecular complexity index is 1110. The molecule has 0 saturated carbocycles. The fourth-order valence-corrected chi connectivity index (χ4v) is 4.09. The zero-order valence-corrected chi connectivity index (χ0v) is 17.3. The molecule has 3 aromatic carbocycles. The maximum atomic E-state index is 13.3. The molecule has 5 heteroatoms. The van der Waals surface area contributed by atoms with Gasteiger partial charge in [-0.3, -0.25) is 9.59 Å². The molecular formula is C26H24FNO3. The summed E-state index contributed by atoms with van der Waals surface area (Å²) in [6.07, 6.45) is 1.61. The maximum absolute atomic E-state index is 13.3. The monoisotopic (exact) mass is 417 g/mol. The lowest BCUT2D eigenvalue weighted by Gasteiger charge is -2.23. The van der Waals surface area contributed by atoms with Crippen LogP contribution in [-0.4, -0.2) is 16.8 Å². The number of Topliss-reactive ketones (excluding diaryl/α,β-unsaturated/α-hetero) is 1. The van der Waals surface area contributed by atoms with Crippen molar-refractivity contribution < 1.29 is 19.1 Å². The molecule has 0 spiro atoms. The van der Waals surface area contributed by atoms with Crippen LogP contribution >= 0.6 is 0 Å². The topological polar surface area (TPSA) is 57.6 Å². The summed E-state index contributed by atoms with van der Waals surface area (Å²) < 4.78 is 13.3. The average Bonchev–Trinajstić information content (AvgIpc) is 2.98. The van der Waals surface area contributed by atoms with E-state index in [0.29, 0.717) is 16.8 Å². The number of aryl methyl sites for hydroxylation is 1. The first-order valence-corrected chi connectivity index (χ1v) is 10.4. The summed E-state index contributed by atoms with van der Waals surface area (Å²) in [7, 11) is 0. The number of amides is 1. The highest BCUT2D eigenvalue weighted by Gasteiger charge is 2.50. The summed E-state index contributed by atoms with van der Waals surface area (Å²) in [5, 5.41) is 11.4. The Morgan fingerprint density at radius 3 is 2.29 bits per heavy atom. The molecule has 1 atom stereocenters. The zero-order valence-electron chi connectivity index (χ0n) is 17.3. The molecule has 31 heavy (non-hydrogen) atoms. The van der Waals surface area contributed by atoms with Crippen molar-refractivity contribution in [3.8, 4) is 0 Å². The number of fused-ring (bicyclic) bond motifs is 1. The van der Waals surface area contributed by atoms with Gasteiger partial charge in [-0.2, -0.15) is 0 Å². The van der Waals surface area contributed by atoms with Crippen LogP contribution in [0.4, 0.5) is 10.1 Å². The summed E-state index contributed by atoms with van der Waals surface area (Å²) in [5.41, 5.74) is 1.38. The largest absolute Gasteiger partial charge is 0.375 e. The molecule has 4 rings (SSSR count). The Hall–Kier alpha value is -3.31. The zero-order chi connectivity index (χ0) is 22.0. The van der Waals surface area contributed by atoms with Crippen LogP contribution in [0.2, 0.25) is 0 Å². The number of anilines is 1. The van der Waals surface area contributed by atoms with Gasteiger partial charge in [-0.1, -0.05) is 67.9 Å². The molecule has 0 aliphatic carbocycles.